The van der Waals surface area contributed by atoms with E-state index in [0.717, 1.165) is 23.2 Å². The van der Waals surface area contributed by atoms with E-state index in [1.54, 1.807) is 6.07 Å². The third kappa shape index (κ3) is 3.56. The molecule has 0 aliphatic carbocycles. The van der Waals surface area contributed by atoms with Crippen LogP contribution >= 0.6 is 0 Å². The van der Waals surface area contributed by atoms with Crippen molar-refractivity contribution >= 4 is 23.2 Å². The number of rotatable bonds is 4. The zero-order valence-electron chi connectivity index (χ0n) is 13.8. The van der Waals surface area contributed by atoms with E-state index in [-0.39, 0.29) is 18.2 Å². The summed E-state index contributed by atoms with van der Waals surface area (Å²) < 4.78 is 5.68. The van der Waals surface area contributed by atoms with E-state index in [9.17, 15) is 9.59 Å². The standard InChI is InChI=1S/C19H20N2O3/c1-3-13-5-4-6-14(10-13)20-18(22)11-17-19(23)21-15-9-12(2)7-8-16(15)24-17/h4-10,17H,3,11H2,1-2H3,(H,20,22)(H,21,23)/t17-/m0/s1. The summed E-state index contributed by atoms with van der Waals surface area (Å²) in [6, 6.07) is 13.2. The van der Waals surface area contributed by atoms with E-state index < -0.39 is 6.10 Å². The van der Waals surface area contributed by atoms with Crippen molar-refractivity contribution in [3.05, 3.63) is 53.6 Å². The summed E-state index contributed by atoms with van der Waals surface area (Å²) in [5, 5.41) is 5.61. The highest BCUT2D eigenvalue weighted by atomic mass is 16.5. The molecule has 5 nitrogen and oxygen atoms in total. The molecule has 1 aliphatic rings. The first-order chi connectivity index (χ1) is 11.5. The van der Waals surface area contributed by atoms with Crippen molar-refractivity contribution in [1.82, 2.24) is 0 Å². The van der Waals surface area contributed by atoms with Gasteiger partial charge in [0, 0.05) is 5.69 Å². The normalized spacial score (nSPS) is 15.9. The Bertz CT molecular complexity index is 786. The van der Waals surface area contributed by atoms with E-state index in [1.165, 1.54) is 0 Å². The molecule has 0 unspecified atom stereocenters. The molecule has 2 aromatic carbocycles. The molecule has 2 aromatic rings. The minimum absolute atomic E-state index is 0.0322. The van der Waals surface area contributed by atoms with Crippen molar-refractivity contribution in [1.29, 1.82) is 0 Å². The first kappa shape index (κ1) is 16.1. The Kier molecular flexibility index (Phi) is 4.51. The molecule has 5 heteroatoms. The monoisotopic (exact) mass is 324 g/mol. The maximum atomic E-state index is 12.2. The molecule has 124 valence electrons. The summed E-state index contributed by atoms with van der Waals surface area (Å²) in [6.07, 6.45) is 0.0402. The fourth-order valence-corrected chi connectivity index (χ4v) is 2.65. The molecule has 3 rings (SSSR count). The van der Waals surface area contributed by atoms with Crippen molar-refractivity contribution < 1.29 is 14.3 Å². The highest BCUT2D eigenvalue weighted by molar-refractivity contribution is 6.02. The van der Waals surface area contributed by atoms with Crippen LogP contribution in [0.2, 0.25) is 0 Å². The Hall–Kier alpha value is -2.82. The van der Waals surface area contributed by atoms with Gasteiger partial charge in [-0.3, -0.25) is 9.59 Å². The van der Waals surface area contributed by atoms with Gasteiger partial charge in [-0.15, -0.1) is 0 Å². The second kappa shape index (κ2) is 6.74. The molecule has 0 fully saturated rings. The van der Waals surface area contributed by atoms with Crippen molar-refractivity contribution in [2.75, 3.05) is 10.6 Å². The molecule has 24 heavy (non-hydrogen) atoms. The van der Waals surface area contributed by atoms with Gasteiger partial charge in [0.2, 0.25) is 5.91 Å². The molecule has 0 saturated heterocycles. The average molecular weight is 324 g/mol. The first-order valence-electron chi connectivity index (χ1n) is 8.02. The lowest BCUT2D eigenvalue weighted by atomic mass is 10.1. The van der Waals surface area contributed by atoms with E-state index in [4.69, 9.17) is 4.74 Å². The van der Waals surface area contributed by atoms with Crippen molar-refractivity contribution in [3.8, 4) is 5.75 Å². The largest absolute Gasteiger partial charge is 0.478 e. The Morgan fingerprint density at radius 3 is 2.88 bits per heavy atom. The summed E-state index contributed by atoms with van der Waals surface area (Å²) >= 11 is 0. The van der Waals surface area contributed by atoms with Crippen LogP contribution in [0.15, 0.2) is 42.5 Å². The summed E-state index contributed by atoms with van der Waals surface area (Å²) in [6.45, 7) is 4.00. The minimum Gasteiger partial charge on any atom is -0.478 e. The number of aryl methyl sites for hydroxylation is 2. The van der Waals surface area contributed by atoms with Gasteiger partial charge in [0.05, 0.1) is 12.1 Å². The summed E-state index contributed by atoms with van der Waals surface area (Å²) in [5.41, 5.74) is 3.55. The van der Waals surface area contributed by atoms with Gasteiger partial charge >= 0.3 is 0 Å². The average Bonchev–Trinajstić information content (AvgIpc) is 2.56. The molecule has 1 aliphatic heterocycles. The van der Waals surface area contributed by atoms with E-state index >= 15 is 0 Å². The number of fused-ring (bicyclic) bond motifs is 1. The van der Waals surface area contributed by atoms with Crippen LogP contribution in [0.1, 0.15) is 24.5 Å². The van der Waals surface area contributed by atoms with Gasteiger partial charge in [0.1, 0.15) is 5.75 Å². The van der Waals surface area contributed by atoms with Crippen LogP contribution in [0, 0.1) is 6.92 Å². The van der Waals surface area contributed by atoms with E-state index in [1.807, 2.05) is 43.3 Å². The smallest absolute Gasteiger partial charge is 0.266 e. The van der Waals surface area contributed by atoms with Crippen molar-refractivity contribution in [3.63, 3.8) is 0 Å². The third-order valence-corrected chi connectivity index (χ3v) is 3.94. The third-order valence-electron chi connectivity index (χ3n) is 3.94. The minimum atomic E-state index is -0.824. The Morgan fingerprint density at radius 2 is 2.08 bits per heavy atom. The zero-order chi connectivity index (χ0) is 17.1. The molecule has 2 N–H and O–H groups in total. The second-order valence-electron chi connectivity index (χ2n) is 5.90. The van der Waals surface area contributed by atoms with Crippen LogP contribution in [0.4, 0.5) is 11.4 Å². The van der Waals surface area contributed by atoms with Crippen LogP contribution in [0.3, 0.4) is 0 Å². The summed E-state index contributed by atoms with van der Waals surface area (Å²) in [5.74, 6) is 0.0375. The molecule has 0 aromatic heterocycles. The molecular formula is C19H20N2O3. The van der Waals surface area contributed by atoms with Gasteiger partial charge < -0.3 is 15.4 Å². The topological polar surface area (TPSA) is 67.4 Å². The van der Waals surface area contributed by atoms with Gasteiger partial charge in [0.25, 0.3) is 5.91 Å². The lowest BCUT2D eigenvalue weighted by molar-refractivity contribution is -0.128. The van der Waals surface area contributed by atoms with Crippen LogP contribution < -0.4 is 15.4 Å². The lowest BCUT2D eigenvalue weighted by Crippen LogP contribution is -2.39. The van der Waals surface area contributed by atoms with Crippen molar-refractivity contribution in [2.45, 2.75) is 32.8 Å². The first-order valence-corrected chi connectivity index (χ1v) is 8.02. The molecule has 0 spiro atoms. The Morgan fingerprint density at radius 1 is 1.25 bits per heavy atom. The van der Waals surface area contributed by atoms with E-state index in [0.29, 0.717) is 11.4 Å². The molecule has 1 heterocycles. The van der Waals surface area contributed by atoms with Gasteiger partial charge in [-0.2, -0.15) is 0 Å². The maximum absolute atomic E-state index is 12.2. The van der Waals surface area contributed by atoms with Crippen LogP contribution in [0.25, 0.3) is 0 Å². The van der Waals surface area contributed by atoms with Gasteiger partial charge in [-0.05, 0) is 48.7 Å². The highest BCUT2D eigenvalue weighted by Crippen LogP contribution is 2.31. The van der Waals surface area contributed by atoms with Crippen LogP contribution in [-0.2, 0) is 16.0 Å². The van der Waals surface area contributed by atoms with Crippen LogP contribution in [0.5, 0.6) is 5.75 Å². The zero-order valence-corrected chi connectivity index (χ0v) is 13.8. The molecular weight excluding hydrogens is 304 g/mol. The molecule has 1 atom stereocenters. The van der Waals surface area contributed by atoms with Crippen LogP contribution in [-0.4, -0.2) is 17.9 Å². The highest BCUT2D eigenvalue weighted by Gasteiger charge is 2.29. The quantitative estimate of drug-likeness (QED) is 0.907. The number of carbonyl (C=O) groups excluding carboxylic acids is 2. The predicted octanol–water partition coefficient (Wildman–Crippen LogP) is 3.29. The summed E-state index contributed by atoms with van der Waals surface area (Å²) in [4.78, 5) is 24.4. The van der Waals surface area contributed by atoms with Gasteiger partial charge in [-0.1, -0.05) is 25.1 Å². The number of benzene rings is 2. The summed E-state index contributed by atoms with van der Waals surface area (Å²) in [7, 11) is 0. The maximum Gasteiger partial charge on any atom is 0.266 e. The van der Waals surface area contributed by atoms with Crippen molar-refractivity contribution in [2.24, 2.45) is 0 Å². The molecule has 0 saturated carbocycles. The number of hydrogen-bond acceptors (Lipinski definition) is 3. The molecule has 0 radical (unpaired) electrons. The number of nitrogens with one attached hydrogen (secondary N) is 2. The second-order valence-corrected chi connectivity index (χ2v) is 5.90. The SMILES string of the molecule is CCc1cccc(NC(=O)C[C@@H]2Oc3ccc(C)cc3NC2=O)c1. The Balaban J connectivity index is 1.66. The number of hydrogen-bond donors (Lipinski definition) is 2. The predicted molar refractivity (Wildman–Crippen MR) is 93.3 cm³/mol. The van der Waals surface area contributed by atoms with E-state index in [2.05, 4.69) is 17.6 Å². The fraction of sp³-hybridized carbons (Fsp3) is 0.263. The number of amides is 2. The molecule has 2 amide bonds. The molecule has 0 bridgehead atoms. The fourth-order valence-electron chi connectivity index (χ4n) is 2.65. The number of ether oxygens (including phenoxy) is 1. The van der Waals surface area contributed by atoms with Gasteiger partial charge in [-0.25, -0.2) is 0 Å². The van der Waals surface area contributed by atoms with Gasteiger partial charge in [0.15, 0.2) is 6.10 Å². The Labute approximate surface area is 141 Å². The number of anilines is 2. The lowest BCUT2D eigenvalue weighted by Gasteiger charge is -2.25. The number of carbonyl (C=O) groups is 2.